The van der Waals surface area contributed by atoms with E-state index in [4.69, 9.17) is 0 Å². The molecule has 22 heavy (non-hydrogen) atoms. The van der Waals surface area contributed by atoms with Crippen LogP contribution in [0.2, 0.25) is 0 Å². The number of amides is 1. The Kier molecular flexibility index (Phi) is 3.72. The topological polar surface area (TPSA) is 96.6 Å². The monoisotopic (exact) mass is 301 g/mol. The van der Waals surface area contributed by atoms with Crippen LogP contribution < -0.4 is 0 Å². The Labute approximate surface area is 126 Å². The molecule has 0 bridgehead atoms. The number of nitrogens with zero attached hydrogens (tertiary/aromatic N) is 3. The van der Waals surface area contributed by atoms with Crippen LogP contribution in [-0.2, 0) is 0 Å². The molecule has 0 saturated carbocycles. The van der Waals surface area contributed by atoms with Gasteiger partial charge in [0.25, 0.3) is 11.6 Å². The Morgan fingerprint density at radius 3 is 2.95 bits per heavy atom. The normalized spacial score (nSPS) is 18.4. The van der Waals surface area contributed by atoms with Gasteiger partial charge in [0, 0.05) is 25.4 Å². The van der Waals surface area contributed by atoms with Gasteiger partial charge in [0.15, 0.2) is 0 Å². The molecule has 7 nitrogen and oxygen atoms in total. The SMILES string of the molecule is O=C(c1ccc([N+](=O)[O-])c2cccnc12)N1CCCC(O)C1. The molecule has 1 atom stereocenters. The summed E-state index contributed by atoms with van der Waals surface area (Å²) in [6.45, 7) is 0.853. The summed E-state index contributed by atoms with van der Waals surface area (Å²) in [4.78, 5) is 29.0. The third-order valence-corrected chi connectivity index (χ3v) is 3.86. The van der Waals surface area contributed by atoms with Crippen molar-refractivity contribution in [2.45, 2.75) is 18.9 Å². The second-order valence-corrected chi connectivity index (χ2v) is 5.34. The molecular formula is C15H15N3O4. The molecule has 0 radical (unpaired) electrons. The molecule has 1 aromatic heterocycles. The third kappa shape index (κ3) is 2.50. The molecule has 0 aliphatic carbocycles. The highest BCUT2D eigenvalue weighted by atomic mass is 16.6. The van der Waals surface area contributed by atoms with Gasteiger partial charge in [-0.15, -0.1) is 0 Å². The number of aliphatic hydroxyl groups excluding tert-OH is 1. The fraction of sp³-hybridized carbons (Fsp3) is 0.333. The van der Waals surface area contributed by atoms with Crippen LogP contribution in [0.3, 0.4) is 0 Å². The summed E-state index contributed by atoms with van der Waals surface area (Å²) < 4.78 is 0. The molecule has 1 saturated heterocycles. The van der Waals surface area contributed by atoms with Crippen LogP contribution >= 0.6 is 0 Å². The first-order chi connectivity index (χ1) is 10.6. The van der Waals surface area contributed by atoms with E-state index in [-0.39, 0.29) is 18.1 Å². The van der Waals surface area contributed by atoms with Crippen molar-refractivity contribution in [2.24, 2.45) is 0 Å². The number of likely N-dealkylation sites (tertiary alicyclic amines) is 1. The zero-order valence-corrected chi connectivity index (χ0v) is 11.8. The van der Waals surface area contributed by atoms with Gasteiger partial charge in [0.1, 0.15) is 0 Å². The molecule has 1 unspecified atom stereocenters. The predicted octanol–water partition coefficient (Wildman–Crippen LogP) is 1.74. The predicted molar refractivity (Wildman–Crippen MR) is 79.5 cm³/mol. The molecular weight excluding hydrogens is 286 g/mol. The van der Waals surface area contributed by atoms with Crippen molar-refractivity contribution in [2.75, 3.05) is 13.1 Å². The number of aromatic nitrogens is 1. The molecule has 2 aromatic rings. The fourth-order valence-electron chi connectivity index (χ4n) is 2.80. The van der Waals surface area contributed by atoms with E-state index in [9.17, 15) is 20.0 Å². The molecule has 1 aliphatic heterocycles. The highest BCUT2D eigenvalue weighted by Gasteiger charge is 2.26. The van der Waals surface area contributed by atoms with Gasteiger partial charge in [-0.2, -0.15) is 0 Å². The van der Waals surface area contributed by atoms with Crippen molar-refractivity contribution >= 4 is 22.5 Å². The molecule has 7 heteroatoms. The van der Waals surface area contributed by atoms with Gasteiger partial charge in [0.2, 0.25) is 0 Å². The van der Waals surface area contributed by atoms with Crippen molar-refractivity contribution < 1.29 is 14.8 Å². The number of hydrogen-bond donors (Lipinski definition) is 1. The van der Waals surface area contributed by atoms with Crippen LogP contribution in [0.4, 0.5) is 5.69 Å². The van der Waals surface area contributed by atoms with Gasteiger partial charge in [0.05, 0.1) is 27.5 Å². The zero-order chi connectivity index (χ0) is 15.7. The number of hydrogen-bond acceptors (Lipinski definition) is 5. The second-order valence-electron chi connectivity index (χ2n) is 5.34. The van der Waals surface area contributed by atoms with Crippen molar-refractivity contribution in [1.29, 1.82) is 0 Å². The van der Waals surface area contributed by atoms with Gasteiger partial charge < -0.3 is 10.0 Å². The first-order valence-electron chi connectivity index (χ1n) is 7.07. The van der Waals surface area contributed by atoms with E-state index in [1.807, 2.05) is 0 Å². The van der Waals surface area contributed by atoms with E-state index >= 15 is 0 Å². The fourth-order valence-corrected chi connectivity index (χ4v) is 2.80. The van der Waals surface area contributed by atoms with E-state index in [1.54, 1.807) is 17.0 Å². The molecule has 1 N–H and O–H groups in total. The number of carbonyl (C=O) groups is 1. The van der Waals surface area contributed by atoms with Gasteiger partial charge >= 0.3 is 0 Å². The summed E-state index contributed by atoms with van der Waals surface area (Å²) in [5.74, 6) is -0.252. The lowest BCUT2D eigenvalue weighted by Gasteiger charge is -2.30. The van der Waals surface area contributed by atoms with Crippen molar-refractivity contribution in [3.63, 3.8) is 0 Å². The molecule has 3 rings (SSSR count). The van der Waals surface area contributed by atoms with Crippen LogP contribution in [0.15, 0.2) is 30.5 Å². The maximum Gasteiger partial charge on any atom is 0.278 e. The maximum atomic E-state index is 12.6. The highest BCUT2D eigenvalue weighted by molar-refractivity contribution is 6.07. The highest BCUT2D eigenvalue weighted by Crippen LogP contribution is 2.28. The lowest BCUT2D eigenvalue weighted by molar-refractivity contribution is -0.383. The van der Waals surface area contributed by atoms with Gasteiger partial charge in [-0.05, 0) is 31.0 Å². The lowest BCUT2D eigenvalue weighted by atomic mass is 10.0. The number of nitro groups is 1. The van der Waals surface area contributed by atoms with Crippen LogP contribution in [0, 0.1) is 10.1 Å². The van der Waals surface area contributed by atoms with Crippen molar-refractivity contribution in [1.82, 2.24) is 9.88 Å². The number of rotatable bonds is 2. The largest absolute Gasteiger partial charge is 0.391 e. The maximum absolute atomic E-state index is 12.6. The van der Waals surface area contributed by atoms with Crippen LogP contribution in [0.1, 0.15) is 23.2 Å². The molecule has 2 heterocycles. The first-order valence-corrected chi connectivity index (χ1v) is 7.07. The Morgan fingerprint density at radius 1 is 1.41 bits per heavy atom. The van der Waals surface area contributed by atoms with E-state index in [0.717, 1.165) is 6.42 Å². The van der Waals surface area contributed by atoms with E-state index in [2.05, 4.69) is 4.98 Å². The zero-order valence-electron chi connectivity index (χ0n) is 11.8. The van der Waals surface area contributed by atoms with E-state index < -0.39 is 11.0 Å². The molecule has 0 spiro atoms. The first kappa shape index (κ1) is 14.4. The summed E-state index contributed by atoms with van der Waals surface area (Å²) in [6, 6.07) is 5.96. The number of carbonyl (C=O) groups excluding carboxylic acids is 1. The minimum Gasteiger partial charge on any atom is -0.391 e. The molecule has 1 aromatic carbocycles. The number of fused-ring (bicyclic) bond motifs is 1. The average Bonchev–Trinajstić information content (AvgIpc) is 2.53. The van der Waals surface area contributed by atoms with E-state index in [0.29, 0.717) is 29.4 Å². The smallest absolute Gasteiger partial charge is 0.278 e. The summed E-state index contributed by atoms with van der Waals surface area (Å²) in [6.07, 6.45) is 2.41. The molecule has 114 valence electrons. The summed E-state index contributed by atoms with van der Waals surface area (Å²) in [5, 5.41) is 21.1. The quantitative estimate of drug-likeness (QED) is 0.673. The Morgan fingerprint density at radius 2 is 2.23 bits per heavy atom. The van der Waals surface area contributed by atoms with Crippen molar-refractivity contribution in [3.05, 3.63) is 46.1 Å². The number of piperidine rings is 1. The second kappa shape index (κ2) is 5.69. The Balaban J connectivity index is 2.06. The standard InChI is InChI=1S/C15H15N3O4/c19-10-3-2-8-17(9-10)15(20)12-5-6-13(18(21)22)11-4-1-7-16-14(11)12/h1,4-7,10,19H,2-3,8-9H2. The van der Waals surface area contributed by atoms with Crippen LogP contribution in [0.25, 0.3) is 10.9 Å². The molecule has 1 aliphatic rings. The van der Waals surface area contributed by atoms with Gasteiger partial charge in [-0.3, -0.25) is 19.9 Å². The van der Waals surface area contributed by atoms with Crippen LogP contribution in [-0.4, -0.2) is 45.0 Å². The van der Waals surface area contributed by atoms with Crippen LogP contribution in [0.5, 0.6) is 0 Å². The number of non-ortho nitro benzene ring substituents is 1. The molecule has 1 amide bonds. The Hall–Kier alpha value is -2.54. The minimum absolute atomic E-state index is 0.0710. The lowest BCUT2D eigenvalue weighted by Crippen LogP contribution is -2.42. The average molecular weight is 301 g/mol. The number of aliphatic hydroxyl groups is 1. The number of β-amino-alcohol motifs (C(OH)–C–C–N with tert-alkyl or cyclic N) is 1. The summed E-state index contributed by atoms with van der Waals surface area (Å²) >= 11 is 0. The number of benzene rings is 1. The third-order valence-electron chi connectivity index (χ3n) is 3.86. The molecule has 1 fully saturated rings. The van der Waals surface area contributed by atoms with E-state index in [1.165, 1.54) is 18.3 Å². The number of nitro benzene ring substituents is 1. The van der Waals surface area contributed by atoms with Crippen molar-refractivity contribution in [3.8, 4) is 0 Å². The Bertz CT molecular complexity index is 747. The minimum atomic E-state index is -0.519. The van der Waals surface area contributed by atoms with Gasteiger partial charge in [-0.25, -0.2) is 0 Å². The van der Waals surface area contributed by atoms with Gasteiger partial charge in [-0.1, -0.05) is 0 Å². The summed E-state index contributed by atoms with van der Waals surface area (Å²) in [7, 11) is 0. The number of pyridine rings is 1. The summed E-state index contributed by atoms with van der Waals surface area (Å²) in [5.41, 5.74) is 0.579.